The summed E-state index contributed by atoms with van der Waals surface area (Å²) in [5.74, 6) is 0.924. The van der Waals surface area contributed by atoms with Crippen LogP contribution >= 0.6 is 11.8 Å². The number of benzene rings is 1. The van der Waals surface area contributed by atoms with E-state index in [4.69, 9.17) is 5.11 Å². The Morgan fingerprint density at radius 3 is 2.71 bits per heavy atom. The second-order valence-corrected chi connectivity index (χ2v) is 4.94. The highest BCUT2D eigenvalue weighted by Gasteiger charge is 1.98. The van der Waals surface area contributed by atoms with Gasteiger partial charge in [-0.1, -0.05) is 35.9 Å². The molecule has 0 unspecified atom stereocenters. The number of thioether (sulfide) groups is 1. The standard InChI is InChI=1S/C14H15NOS/c1-11-3-2-4-12(7-11)10-17-14-6-5-13(9-16)8-15-14/h2-8,16H,9-10H2,1H3. The number of rotatable bonds is 4. The topological polar surface area (TPSA) is 33.1 Å². The zero-order valence-corrected chi connectivity index (χ0v) is 10.6. The largest absolute Gasteiger partial charge is 0.392 e. The first kappa shape index (κ1) is 12.1. The summed E-state index contributed by atoms with van der Waals surface area (Å²) in [4.78, 5) is 4.29. The van der Waals surface area contributed by atoms with Gasteiger partial charge in [-0.15, -0.1) is 11.8 Å². The maximum atomic E-state index is 8.92. The number of aromatic nitrogens is 1. The second kappa shape index (κ2) is 5.84. The third kappa shape index (κ3) is 3.58. The second-order valence-electron chi connectivity index (χ2n) is 3.94. The van der Waals surface area contributed by atoms with Crippen molar-refractivity contribution >= 4 is 11.8 Å². The molecule has 1 aromatic heterocycles. The lowest BCUT2D eigenvalue weighted by atomic mass is 10.2. The maximum Gasteiger partial charge on any atom is 0.0963 e. The summed E-state index contributed by atoms with van der Waals surface area (Å²) in [5.41, 5.74) is 3.44. The number of aryl methyl sites for hydroxylation is 1. The third-order valence-electron chi connectivity index (χ3n) is 2.45. The molecule has 0 atom stereocenters. The van der Waals surface area contributed by atoms with Crippen LogP contribution in [0.25, 0.3) is 0 Å². The van der Waals surface area contributed by atoms with E-state index in [1.54, 1.807) is 18.0 Å². The Kier molecular flexibility index (Phi) is 4.18. The van der Waals surface area contributed by atoms with Crippen molar-refractivity contribution in [1.82, 2.24) is 4.98 Å². The molecule has 0 fully saturated rings. The van der Waals surface area contributed by atoms with Crippen LogP contribution in [0.4, 0.5) is 0 Å². The third-order valence-corrected chi connectivity index (χ3v) is 3.46. The highest BCUT2D eigenvalue weighted by Crippen LogP contribution is 2.21. The van der Waals surface area contributed by atoms with Crippen molar-refractivity contribution in [2.24, 2.45) is 0 Å². The number of pyridine rings is 1. The van der Waals surface area contributed by atoms with Gasteiger partial charge in [0.2, 0.25) is 0 Å². The van der Waals surface area contributed by atoms with Gasteiger partial charge in [0.25, 0.3) is 0 Å². The van der Waals surface area contributed by atoms with Crippen molar-refractivity contribution in [2.45, 2.75) is 24.3 Å². The minimum absolute atomic E-state index is 0.0514. The van der Waals surface area contributed by atoms with E-state index in [2.05, 4.69) is 36.2 Å². The molecule has 0 spiro atoms. The minimum Gasteiger partial charge on any atom is -0.392 e. The van der Waals surface area contributed by atoms with Crippen LogP contribution < -0.4 is 0 Å². The number of aliphatic hydroxyl groups excluding tert-OH is 1. The molecule has 1 heterocycles. The summed E-state index contributed by atoms with van der Waals surface area (Å²) in [6.07, 6.45) is 1.72. The van der Waals surface area contributed by atoms with Crippen LogP contribution in [0.5, 0.6) is 0 Å². The Labute approximate surface area is 106 Å². The van der Waals surface area contributed by atoms with Gasteiger partial charge in [-0.2, -0.15) is 0 Å². The van der Waals surface area contributed by atoms with Gasteiger partial charge in [0, 0.05) is 11.9 Å². The molecule has 0 amide bonds. The van der Waals surface area contributed by atoms with Crippen molar-refractivity contribution in [3.63, 3.8) is 0 Å². The van der Waals surface area contributed by atoms with Crippen LogP contribution in [0.15, 0.2) is 47.6 Å². The Morgan fingerprint density at radius 1 is 1.18 bits per heavy atom. The smallest absolute Gasteiger partial charge is 0.0963 e. The highest BCUT2D eigenvalue weighted by atomic mass is 32.2. The maximum absolute atomic E-state index is 8.92. The van der Waals surface area contributed by atoms with E-state index in [1.807, 2.05) is 12.1 Å². The average Bonchev–Trinajstić information content (AvgIpc) is 2.37. The zero-order valence-electron chi connectivity index (χ0n) is 9.76. The molecular formula is C14H15NOS. The predicted octanol–water partition coefficient (Wildman–Crippen LogP) is 3.17. The van der Waals surface area contributed by atoms with E-state index in [1.165, 1.54) is 11.1 Å². The first-order valence-corrected chi connectivity index (χ1v) is 6.50. The fourth-order valence-electron chi connectivity index (χ4n) is 1.55. The van der Waals surface area contributed by atoms with E-state index in [0.29, 0.717) is 0 Å². The van der Waals surface area contributed by atoms with Crippen molar-refractivity contribution < 1.29 is 5.11 Å². The van der Waals surface area contributed by atoms with Gasteiger partial charge in [-0.05, 0) is 24.1 Å². The molecule has 3 heteroatoms. The number of hydrogen-bond acceptors (Lipinski definition) is 3. The van der Waals surface area contributed by atoms with Gasteiger partial charge in [-0.3, -0.25) is 0 Å². The van der Waals surface area contributed by atoms with Crippen LogP contribution in [-0.4, -0.2) is 10.1 Å². The molecule has 0 radical (unpaired) electrons. The monoisotopic (exact) mass is 245 g/mol. The summed E-state index contributed by atoms with van der Waals surface area (Å²) in [6.45, 7) is 2.15. The fraction of sp³-hybridized carbons (Fsp3) is 0.214. The molecule has 88 valence electrons. The Hall–Kier alpha value is -1.32. The van der Waals surface area contributed by atoms with Crippen LogP contribution in [0.2, 0.25) is 0 Å². The van der Waals surface area contributed by atoms with Gasteiger partial charge in [0.1, 0.15) is 0 Å². The van der Waals surface area contributed by atoms with Crippen molar-refractivity contribution in [2.75, 3.05) is 0 Å². The van der Waals surface area contributed by atoms with E-state index >= 15 is 0 Å². The molecule has 0 aliphatic heterocycles. The Morgan fingerprint density at radius 2 is 2.06 bits per heavy atom. The molecule has 2 rings (SSSR count). The van der Waals surface area contributed by atoms with E-state index in [0.717, 1.165) is 16.3 Å². The van der Waals surface area contributed by atoms with Crippen LogP contribution in [0, 0.1) is 6.92 Å². The Balaban J connectivity index is 1.97. The van der Waals surface area contributed by atoms with Gasteiger partial charge in [0.15, 0.2) is 0 Å². The molecule has 1 N–H and O–H groups in total. The molecule has 0 saturated heterocycles. The lowest BCUT2D eigenvalue weighted by Crippen LogP contribution is -1.87. The van der Waals surface area contributed by atoms with E-state index < -0.39 is 0 Å². The number of nitrogens with zero attached hydrogens (tertiary/aromatic N) is 1. The first-order chi connectivity index (χ1) is 8.28. The lowest BCUT2D eigenvalue weighted by molar-refractivity contribution is 0.281. The van der Waals surface area contributed by atoms with Crippen molar-refractivity contribution in [3.05, 3.63) is 59.3 Å². The molecule has 17 heavy (non-hydrogen) atoms. The molecule has 1 aromatic carbocycles. The molecule has 0 saturated carbocycles. The minimum atomic E-state index is 0.0514. The van der Waals surface area contributed by atoms with Crippen LogP contribution in [0.3, 0.4) is 0 Å². The summed E-state index contributed by atoms with van der Waals surface area (Å²) in [6, 6.07) is 12.4. The van der Waals surface area contributed by atoms with Crippen LogP contribution in [-0.2, 0) is 12.4 Å². The zero-order chi connectivity index (χ0) is 12.1. The van der Waals surface area contributed by atoms with Crippen molar-refractivity contribution in [1.29, 1.82) is 0 Å². The highest BCUT2D eigenvalue weighted by molar-refractivity contribution is 7.98. The van der Waals surface area contributed by atoms with E-state index in [-0.39, 0.29) is 6.61 Å². The number of aliphatic hydroxyl groups is 1. The molecule has 2 nitrogen and oxygen atoms in total. The van der Waals surface area contributed by atoms with Gasteiger partial charge in [0.05, 0.1) is 11.6 Å². The molecular weight excluding hydrogens is 230 g/mol. The quantitative estimate of drug-likeness (QED) is 0.840. The molecule has 2 aromatic rings. The summed E-state index contributed by atoms with van der Waals surface area (Å²) in [5, 5.41) is 9.91. The first-order valence-electron chi connectivity index (χ1n) is 5.52. The van der Waals surface area contributed by atoms with Gasteiger partial charge in [-0.25, -0.2) is 4.98 Å². The van der Waals surface area contributed by atoms with Crippen molar-refractivity contribution in [3.8, 4) is 0 Å². The SMILES string of the molecule is Cc1cccc(CSc2ccc(CO)cn2)c1. The normalized spacial score (nSPS) is 10.5. The molecule has 0 bridgehead atoms. The Bertz CT molecular complexity index is 482. The fourth-order valence-corrected chi connectivity index (χ4v) is 2.33. The van der Waals surface area contributed by atoms with E-state index in [9.17, 15) is 0 Å². The molecule has 0 aliphatic rings. The summed E-state index contributed by atoms with van der Waals surface area (Å²) >= 11 is 1.71. The van der Waals surface area contributed by atoms with Gasteiger partial charge >= 0.3 is 0 Å². The predicted molar refractivity (Wildman–Crippen MR) is 70.9 cm³/mol. The number of hydrogen-bond donors (Lipinski definition) is 1. The summed E-state index contributed by atoms with van der Waals surface area (Å²) < 4.78 is 0. The lowest BCUT2D eigenvalue weighted by Gasteiger charge is -2.03. The summed E-state index contributed by atoms with van der Waals surface area (Å²) in [7, 11) is 0. The molecule has 0 aliphatic carbocycles. The van der Waals surface area contributed by atoms with Gasteiger partial charge < -0.3 is 5.11 Å². The van der Waals surface area contributed by atoms with Crippen LogP contribution in [0.1, 0.15) is 16.7 Å². The average molecular weight is 245 g/mol.